The Morgan fingerprint density at radius 3 is 2.24 bits per heavy atom. The number of amides is 2. The molecule has 5 rings (SSSR count). The van der Waals surface area contributed by atoms with Crippen LogP contribution in [0.3, 0.4) is 0 Å². The minimum atomic E-state index is -0.809. The smallest absolute Gasteiger partial charge is 0.349 e. The summed E-state index contributed by atoms with van der Waals surface area (Å²) in [5, 5.41) is 6.27. The van der Waals surface area contributed by atoms with Crippen LogP contribution >= 0.6 is 0 Å². The third kappa shape index (κ3) is 3.85. The lowest BCUT2D eigenvalue weighted by molar-refractivity contribution is 0.0999. The van der Waals surface area contributed by atoms with Gasteiger partial charge in [-0.15, -0.1) is 0 Å². The number of hydrogen-bond acceptors (Lipinski definition) is 5. The Labute approximate surface area is 185 Å². The molecule has 7 nitrogen and oxygen atoms in total. The molecule has 33 heavy (non-hydrogen) atoms. The Balaban J connectivity index is 1.53. The summed E-state index contributed by atoms with van der Waals surface area (Å²) in [6.07, 6.45) is 0. The fraction of sp³-hybridized carbons (Fsp3) is 0. The molecule has 0 fully saturated rings. The van der Waals surface area contributed by atoms with Crippen LogP contribution in [0.2, 0.25) is 0 Å². The van der Waals surface area contributed by atoms with Gasteiger partial charge in [0, 0.05) is 16.5 Å². The summed E-state index contributed by atoms with van der Waals surface area (Å²) in [5.41, 5.74) is 0.132. The molecule has 0 bridgehead atoms. The predicted molar refractivity (Wildman–Crippen MR) is 121 cm³/mol. The third-order valence-corrected chi connectivity index (χ3v) is 5.03. The van der Waals surface area contributed by atoms with Crippen LogP contribution in [0.15, 0.2) is 92.5 Å². The fourth-order valence-corrected chi connectivity index (χ4v) is 3.45. The van der Waals surface area contributed by atoms with Crippen molar-refractivity contribution in [1.82, 2.24) is 0 Å². The number of nitrogens with one attached hydrogen (secondary N) is 2. The molecule has 5 aromatic rings. The minimum absolute atomic E-state index is 0.0998. The summed E-state index contributed by atoms with van der Waals surface area (Å²) in [7, 11) is 0. The number of hydrogen-bond donors (Lipinski definition) is 2. The van der Waals surface area contributed by atoms with Crippen molar-refractivity contribution >= 4 is 45.1 Å². The summed E-state index contributed by atoms with van der Waals surface area (Å²) < 4.78 is 24.1. The number of rotatable bonds is 4. The first kappa shape index (κ1) is 20.2. The molecule has 3 aromatic carbocycles. The molecule has 2 heterocycles. The summed E-state index contributed by atoms with van der Waals surface area (Å²) in [6, 6.07) is 20.2. The van der Waals surface area contributed by atoms with Gasteiger partial charge in [-0.1, -0.05) is 30.3 Å². The summed E-state index contributed by atoms with van der Waals surface area (Å²) in [4.78, 5) is 38.3. The average molecular weight is 442 g/mol. The first-order valence-electron chi connectivity index (χ1n) is 9.92. The molecule has 0 radical (unpaired) electrons. The van der Waals surface area contributed by atoms with Gasteiger partial charge in [0.25, 0.3) is 11.8 Å². The topological polar surface area (TPSA) is 102 Å². The van der Waals surface area contributed by atoms with Crippen molar-refractivity contribution in [3.63, 3.8) is 0 Å². The van der Waals surface area contributed by atoms with E-state index in [1.165, 1.54) is 30.3 Å². The highest BCUT2D eigenvalue weighted by Crippen LogP contribution is 2.32. The van der Waals surface area contributed by atoms with Crippen LogP contribution in [0.1, 0.15) is 20.9 Å². The van der Waals surface area contributed by atoms with Gasteiger partial charge >= 0.3 is 5.63 Å². The maximum absolute atomic E-state index is 13.2. The first-order chi connectivity index (χ1) is 16.0. The Hall–Kier alpha value is -4.72. The van der Waals surface area contributed by atoms with E-state index in [2.05, 4.69) is 10.6 Å². The van der Waals surface area contributed by atoms with E-state index in [4.69, 9.17) is 8.83 Å². The lowest BCUT2D eigenvalue weighted by atomic mass is 10.1. The standard InChI is InChI=1S/C25H15FN2O5/c26-15-9-11-16(12-10-15)27-24(30)22-21(17-6-2-4-8-20(17)32-22)28-23(29)18-13-14-5-1-3-7-19(14)33-25(18)31/h1-13H,(H,27,30)(H,28,29). The van der Waals surface area contributed by atoms with E-state index >= 15 is 0 Å². The molecule has 2 amide bonds. The van der Waals surface area contributed by atoms with Crippen molar-refractivity contribution < 1.29 is 22.8 Å². The Kier molecular flexibility index (Phi) is 4.95. The van der Waals surface area contributed by atoms with Crippen LogP contribution in [-0.2, 0) is 0 Å². The molecule has 8 heteroatoms. The van der Waals surface area contributed by atoms with Gasteiger partial charge in [0.05, 0.1) is 0 Å². The molecule has 0 spiro atoms. The van der Waals surface area contributed by atoms with Crippen LogP contribution in [0, 0.1) is 5.82 Å². The van der Waals surface area contributed by atoms with E-state index in [0.29, 0.717) is 27.6 Å². The molecule has 162 valence electrons. The summed E-state index contributed by atoms with van der Waals surface area (Å²) >= 11 is 0. The van der Waals surface area contributed by atoms with E-state index in [1.807, 2.05) is 0 Å². The Bertz CT molecular complexity index is 1580. The van der Waals surface area contributed by atoms with Gasteiger partial charge in [0.2, 0.25) is 5.76 Å². The van der Waals surface area contributed by atoms with Crippen LogP contribution in [0.5, 0.6) is 0 Å². The average Bonchev–Trinajstić information content (AvgIpc) is 3.18. The van der Waals surface area contributed by atoms with E-state index in [1.54, 1.807) is 48.5 Å². The number of carbonyl (C=O) groups excluding carboxylic acids is 2. The molecule has 0 aliphatic carbocycles. The minimum Gasteiger partial charge on any atom is -0.449 e. The second-order valence-electron chi connectivity index (χ2n) is 7.20. The molecule has 0 aliphatic rings. The van der Waals surface area contributed by atoms with Gasteiger partial charge in [0.1, 0.15) is 28.2 Å². The van der Waals surface area contributed by atoms with Crippen LogP contribution in [-0.4, -0.2) is 11.8 Å². The molecule has 0 atom stereocenters. The van der Waals surface area contributed by atoms with Crippen LogP contribution < -0.4 is 16.3 Å². The van der Waals surface area contributed by atoms with Gasteiger partial charge in [-0.05, 0) is 48.5 Å². The third-order valence-electron chi connectivity index (χ3n) is 5.03. The van der Waals surface area contributed by atoms with Crippen molar-refractivity contribution in [2.45, 2.75) is 0 Å². The molecular formula is C25H15FN2O5. The normalized spacial score (nSPS) is 10.9. The number of furan rings is 1. The highest BCUT2D eigenvalue weighted by molar-refractivity contribution is 6.17. The van der Waals surface area contributed by atoms with E-state index in [0.717, 1.165) is 0 Å². The highest BCUT2D eigenvalue weighted by atomic mass is 19.1. The maximum atomic E-state index is 13.2. The zero-order valence-electron chi connectivity index (χ0n) is 16.9. The number of para-hydroxylation sites is 2. The fourth-order valence-electron chi connectivity index (χ4n) is 3.45. The lowest BCUT2D eigenvalue weighted by Crippen LogP contribution is -2.22. The monoisotopic (exact) mass is 442 g/mol. The zero-order valence-corrected chi connectivity index (χ0v) is 16.9. The number of carbonyl (C=O) groups is 2. The quantitative estimate of drug-likeness (QED) is 0.373. The number of fused-ring (bicyclic) bond motifs is 2. The van der Waals surface area contributed by atoms with E-state index in [-0.39, 0.29) is 17.0 Å². The molecule has 2 N–H and O–H groups in total. The van der Waals surface area contributed by atoms with Gasteiger partial charge < -0.3 is 19.5 Å². The second-order valence-corrected chi connectivity index (χ2v) is 7.20. The van der Waals surface area contributed by atoms with Gasteiger partial charge in [-0.2, -0.15) is 0 Å². The van der Waals surface area contributed by atoms with Crippen molar-refractivity contribution in [2.75, 3.05) is 10.6 Å². The van der Waals surface area contributed by atoms with Crippen molar-refractivity contribution in [1.29, 1.82) is 0 Å². The Morgan fingerprint density at radius 1 is 0.758 bits per heavy atom. The summed E-state index contributed by atoms with van der Waals surface area (Å²) in [5.74, 6) is -2.02. The molecule has 0 unspecified atom stereocenters. The van der Waals surface area contributed by atoms with Crippen LogP contribution in [0.4, 0.5) is 15.8 Å². The SMILES string of the molecule is O=C(Nc1ccc(F)cc1)c1oc2ccccc2c1NC(=O)c1cc2ccccc2oc1=O. The van der Waals surface area contributed by atoms with E-state index < -0.39 is 23.3 Å². The summed E-state index contributed by atoms with van der Waals surface area (Å²) in [6.45, 7) is 0. The lowest BCUT2D eigenvalue weighted by Gasteiger charge is -2.07. The van der Waals surface area contributed by atoms with Crippen molar-refractivity contribution in [3.8, 4) is 0 Å². The number of benzene rings is 3. The van der Waals surface area contributed by atoms with Gasteiger partial charge in [-0.3, -0.25) is 9.59 Å². The zero-order chi connectivity index (χ0) is 22.9. The molecule has 0 aliphatic heterocycles. The molecule has 0 saturated heterocycles. The number of anilines is 2. The maximum Gasteiger partial charge on any atom is 0.349 e. The van der Waals surface area contributed by atoms with Gasteiger partial charge in [0.15, 0.2) is 0 Å². The van der Waals surface area contributed by atoms with E-state index in [9.17, 15) is 18.8 Å². The van der Waals surface area contributed by atoms with Gasteiger partial charge in [-0.25, -0.2) is 9.18 Å². The number of halogens is 1. The Morgan fingerprint density at radius 2 is 1.45 bits per heavy atom. The molecule has 0 saturated carbocycles. The van der Waals surface area contributed by atoms with Crippen molar-refractivity contribution in [3.05, 3.63) is 106 Å². The molecular weight excluding hydrogens is 427 g/mol. The highest BCUT2D eigenvalue weighted by Gasteiger charge is 2.24. The first-order valence-corrected chi connectivity index (χ1v) is 9.92. The predicted octanol–water partition coefficient (Wildman–Crippen LogP) is 5.18. The van der Waals surface area contributed by atoms with Crippen molar-refractivity contribution in [2.24, 2.45) is 0 Å². The largest absolute Gasteiger partial charge is 0.449 e. The molecule has 2 aromatic heterocycles. The van der Waals surface area contributed by atoms with Crippen LogP contribution in [0.25, 0.3) is 21.9 Å². The second kappa shape index (κ2) is 8.08.